The molecule has 0 aliphatic rings. The van der Waals surface area contributed by atoms with Crippen LogP contribution in [0.1, 0.15) is 21.5 Å². The van der Waals surface area contributed by atoms with Gasteiger partial charge in [0.1, 0.15) is 0 Å². The van der Waals surface area contributed by atoms with Gasteiger partial charge < -0.3 is 5.32 Å². The molecule has 3 aromatic heterocycles. The predicted octanol–water partition coefficient (Wildman–Crippen LogP) is 2.80. The lowest BCUT2D eigenvalue weighted by atomic mass is 10.2. The highest BCUT2D eigenvalue weighted by Gasteiger charge is 2.10. The van der Waals surface area contributed by atoms with Crippen molar-refractivity contribution < 1.29 is 4.79 Å². The molecule has 1 amide bonds. The fourth-order valence-corrected chi connectivity index (χ4v) is 2.76. The molecule has 128 valence electrons. The number of nitrogens with zero attached hydrogens (tertiary/aromatic N) is 4. The maximum absolute atomic E-state index is 12.4. The molecule has 0 spiro atoms. The minimum absolute atomic E-state index is 0.168. The number of carbonyl (C=O) groups excluding carboxylic acids is 1. The number of aromatic nitrogens is 4. The predicted molar refractivity (Wildman–Crippen MR) is 98.5 cm³/mol. The summed E-state index contributed by atoms with van der Waals surface area (Å²) in [7, 11) is 0. The Balaban J connectivity index is 1.50. The standard InChI is InChI=1S/C20H17N5O/c26-20(23-11-16-7-4-8-21-10-16)18-9-17-13-24-25(19(17)22-12-18)14-15-5-2-1-3-6-15/h1-10,12-13H,11,14H2,(H,23,26). The fourth-order valence-electron chi connectivity index (χ4n) is 2.76. The first-order valence-electron chi connectivity index (χ1n) is 8.32. The number of pyridine rings is 2. The van der Waals surface area contributed by atoms with Crippen LogP contribution in [0.2, 0.25) is 0 Å². The molecule has 0 fully saturated rings. The van der Waals surface area contributed by atoms with Crippen molar-refractivity contribution in [2.24, 2.45) is 0 Å². The van der Waals surface area contributed by atoms with Gasteiger partial charge in [-0.25, -0.2) is 9.67 Å². The molecule has 0 radical (unpaired) electrons. The van der Waals surface area contributed by atoms with Crippen LogP contribution in [0.4, 0.5) is 0 Å². The smallest absolute Gasteiger partial charge is 0.253 e. The monoisotopic (exact) mass is 343 g/mol. The molecule has 1 N–H and O–H groups in total. The number of amides is 1. The minimum Gasteiger partial charge on any atom is -0.348 e. The maximum atomic E-state index is 12.4. The van der Waals surface area contributed by atoms with Gasteiger partial charge in [0.15, 0.2) is 5.65 Å². The van der Waals surface area contributed by atoms with E-state index in [1.807, 2.05) is 53.2 Å². The number of benzene rings is 1. The quantitative estimate of drug-likeness (QED) is 0.605. The van der Waals surface area contributed by atoms with Crippen LogP contribution in [-0.4, -0.2) is 25.7 Å². The zero-order valence-electron chi connectivity index (χ0n) is 14.0. The van der Waals surface area contributed by atoms with E-state index in [4.69, 9.17) is 0 Å². The molecule has 26 heavy (non-hydrogen) atoms. The molecule has 3 heterocycles. The van der Waals surface area contributed by atoms with E-state index in [9.17, 15) is 4.79 Å². The Morgan fingerprint density at radius 1 is 1.00 bits per heavy atom. The van der Waals surface area contributed by atoms with Crippen molar-refractivity contribution in [1.29, 1.82) is 0 Å². The van der Waals surface area contributed by atoms with Crippen molar-refractivity contribution in [1.82, 2.24) is 25.1 Å². The normalized spacial score (nSPS) is 10.8. The van der Waals surface area contributed by atoms with E-state index in [0.717, 1.165) is 22.2 Å². The molecule has 4 aromatic rings. The Morgan fingerprint density at radius 3 is 2.65 bits per heavy atom. The molecule has 4 rings (SSSR count). The Kier molecular flexibility index (Phi) is 4.38. The molecule has 0 saturated heterocycles. The van der Waals surface area contributed by atoms with E-state index in [2.05, 4.69) is 20.4 Å². The van der Waals surface area contributed by atoms with Gasteiger partial charge in [-0.2, -0.15) is 5.10 Å². The van der Waals surface area contributed by atoms with Gasteiger partial charge in [-0.15, -0.1) is 0 Å². The molecule has 0 bridgehead atoms. The van der Waals surface area contributed by atoms with Crippen LogP contribution in [0, 0.1) is 0 Å². The van der Waals surface area contributed by atoms with Crippen LogP contribution in [-0.2, 0) is 13.1 Å². The molecule has 0 unspecified atom stereocenters. The van der Waals surface area contributed by atoms with Crippen LogP contribution >= 0.6 is 0 Å². The SMILES string of the molecule is O=C(NCc1cccnc1)c1cnc2c(cnn2Cc2ccccc2)c1. The summed E-state index contributed by atoms with van der Waals surface area (Å²) in [6.07, 6.45) is 6.76. The molecule has 6 nitrogen and oxygen atoms in total. The van der Waals surface area contributed by atoms with Crippen molar-refractivity contribution in [3.63, 3.8) is 0 Å². The van der Waals surface area contributed by atoms with Gasteiger partial charge in [0.2, 0.25) is 0 Å². The first kappa shape index (κ1) is 16.0. The van der Waals surface area contributed by atoms with Crippen molar-refractivity contribution in [2.75, 3.05) is 0 Å². The van der Waals surface area contributed by atoms with Crippen LogP contribution in [0.5, 0.6) is 0 Å². The van der Waals surface area contributed by atoms with E-state index in [1.165, 1.54) is 0 Å². The second-order valence-electron chi connectivity index (χ2n) is 5.97. The number of fused-ring (bicyclic) bond motifs is 1. The summed E-state index contributed by atoms with van der Waals surface area (Å²) in [5, 5.41) is 8.12. The summed E-state index contributed by atoms with van der Waals surface area (Å²) < 4.78 is 1.84. The number of rotatable bonds is 5. The molecular formula is C20H17N5O. The number of hydrogen-bond donors (Lipinski definition) is 1. The number of carbonyl (C=O) groups is 1. The van der Waals surface area contributed by atoms with Crippen molar-refractivity contribution in [2.45, 2.75) is 13.1 Å². The fraction of sp³-hybridized carbons (Fsp3) is 0.100. The first-order chi connectivity index (χ1) is 12.8. The highest BCUT2D eigenvalue weighted by Crippen LogP contribution is 2.14. The third kappa shape index (κ3) is 3.44. The second kappa shape index (κ2) is 7.14. The van der Waals surface area contributed by atoms with Crippen LogP contribution in [0.3, 0.4) is 0 Å². The number of hydrogen-bond acceptors (Lipinski definition) is 4. The Labute approximate surface area is 150 Å². The topological polar surface area (TPSA) is 72.7 Å². The first-order valence-corrected chi connectivity index (χ1v) is 8.32. The molecule has 0 atom stereocenters. The van der Waals surface area contributed by atoms with Gasteiger partial charge in [-0.1, -0.05) is 36.4 Å². The van der Waals surface area contributed by atoms with E-state index in [-0.39, 0.29) is 5.91 Å². The highest BCUT2D eigenvalue weighted by atomic mass is 16.1. The molecule has 1 aromatic carbocycles. The summed E-state index contributed by atoms with van der Waals surface area (Å²) in [6, 6.07) is 15.7. The van der Waals surface area contributed by atoms with Gasteiger partial charge in [0.05, 0.1) is 18.3 Å². The summed E-state index contributed by atoms with van der Waals surface area (Å²) in [4.78, 5) is 20.8. The zero-order chi connectivity index (χ0) is 17.8. The Hall–Kier alpha value is -3.54. The van der Waals surface area contributed by atoms with Gasteiger partial charge in [0.25, 0.3) is 5.91 Å². The Bertz CT molecular complexity index is 1030. The van der Waals surface area contributed by atoms with Crippen LogP contribution < -0.4 is 5.32 Å². The van der Waals surface area contributed by atoms with Gasteiger partial charge >= 0.3 is 0 Å². The highest BCUT2D eigenvalue weighted by molar-refractivity contribution is 5.96. The molecule has 0 aliphatic heterocycles. The van der Waals surface area contributed by atoms with Crippen molar-refractivity contribution >= 4 is 16.9 Å². The summed E-state index contributed by atoms with van der Waals surface area (Å²) >= 11 is 0. The van der Waals surface area contributed by atoms with Crippen LogP contribution in [0.25, 0.3) is 11.0 Å². The van der Waals surface area contributed by atoms with Gasteiger partial charge in [-0.3, -0.25) is 9.78 Å². The average Bonchev–Trinajstić information content (AvgIpc) is 3.10. The van der Waals surface area contributed by atoms with Crippen molar-refractivity contribution in [3.05, 3.63) is 90.0 Å². The van der Waals surface area contributed by atoms with Crippen LogP contribution in [0.15, 0.2) is 73.3 Å². The number of nitrogens with one attached hydrogen (secondary N) is 1. The van der Waals surface area contributed by atoms with Gasteiger partial charge in [-0.05, 0) is 23.3 Å². The molecular weight excluding hydrogens is 326 g/mol. The third-order valence-electron chi connectivity index (χ3n) is 4.09. The lowest BCUT2D eigenvalue weighted by molar-refractivity contribution is 0.0950. The van der Waals surface area contributed by atoms with E-state index in [1.54, 1.807) is 24.8 Å². The molecule has 0 saturated carbocycles. The summed E-state index contributed by atoms with van der Waals surface area (Å²) in [5.41, 5.74) is 3.38. The lowest BCUT2D eigenvalue weighted by Crippen LogP contribution is -2.23. The minimum atomic E-state index is -0.168. The Morgan fingerprint density at radius 2 is 1.85 bits per heavy atom. The lowest BCUT2D eigenvalue weighted by Gasteiger charge is -2.06. The van der Waals surface area contributed by atoms with Gasteiger partial charge in [0, 0.05) is 30.5 Å². The third-order valence-corrected chi connectivity index (χ3v) is 4.09. The molecule has 6 heteroatoms. The summed E-state index contributed by atoms with van der Waals surface area (Å²) in [5.74, 6) is -0.168. The largest absolute Gasteiger partial charge is 0.348 e. The van der Waals surface area contributed by atoms with E-state index in [0.29, 0.717) is 18.7 Å². The van der Waals surface area contributed by atoms with Crippen molar-refractivity contribution in [3.8, 4) is 0 Å². The maximum Gasteiger partial charge on any atom is 0.253 e. The summed E-state index contributed by atoms with van der Waals surface area (Å²) in [6.45, 7) is 1.07. The second-order valence-corrected chi connectivity index (χ2v) is 5.97. The zero-order valence-corrected chi connectivity index (χ0v) is 14.0. The van der Waals surface area contributed by atoms with E-state index < -0.39 is 0 Å². The molecule has 0 aliphatic carbocycles. The average molecular weight is 343 g/mol. The van der Waals surface area contributed by atoms with E-state index >= 15 is 0 Å².